The van der Waals surface area contributed by atoms with Crippen LogP contribution in [0.1, 0.15) is 43.5 Å². The molecule has 1 aliphatic rings. The van der Waals surface area contributed by atoms with Gasteiger partial charge in [-0.15, -0.1) is 0 Å². The van der Waals surface area contributed by atoms with E-state index in [1.165, 1.54) is 24.9 Å². The molecule has 2 aromatic rings. The number of hydrogen-bond donors (Lipinski definition) is 1. The van der Waals surface area contributed by atoms with Crippen LogP contribution in [0.4, 0.5) is 11.4 Å². The summed E-state index contributed by atoms with van der Waals surface area (Å²) in [5.74, 6) is 1.16. The van der Waals surface area contributed by atoms with Crippen LogP contribution in [-0.2, 0) is 0 Å². The Labute approximate surface area is 156 Å². The van der Waals surface area contributed by atoms with Gasteiger partial charge in [0.05, 0.1) is 6.61 Å². The Morgan fingerprint density at radius 2 is 1.65 bits per heavy atom. The summed E-state index contributed by atoms with van der Waals surface area (Å²) in [4.78, 5) is 14.8. The monoisotopic (exact) mass is 352 g/mol. The normalized spacial score (nSPS) is 14.3. The zero-order chi connectivity index (χ0) is 18.4. The molecule has 4 heteroatoms. The van der Waals surface area contributed by atoms with Crippen molar-refractivity contribution < 1.29 is 9.53 Å². The van der Waals surface area contributed by atoms with Crippen LogP contribution in [0.2, 0.25) is 0 Å². The zero-order valence-corrected chi connectivity index (χ0v) is 15.7. The Bertz CT molecular complexity index is 702. The van der Waals surface area contributed by atoms with Crippen LogP contribution >= 0.6 is 0 Å². The molecule has 2 aromatic carbocycles. The topological polar surface area (TPSA) is 41.6 Å². The number of anilines is 2. The van der Waals surface area contributed by atoms with Gasteiger partial charge in [-0.05, 0) is 73.7 Å². The van der Waals surface area contributed by atoms with E-state index in [-0.39, 0.29) is 5.91 Å². The van der Waals surface area contributed by atoms with Gasteiger partial charge in [-0.3, -0.25) is 4.79 Å². The van der Waals surface area contributed by atoms with Crippen molar-refractivity contribution in [1.29, 1.82) is 0 Å². The van der Waals surface area contributed by atoms with E-state index < -0.39 is 0 Å². The van der Waals surface area contributed by atoms with Crippen molar-refractivity contribution in [2.75, 3.05) is 29.9 Å². The number of carbonyl (C=O) groups excluding carboxylic acids is 1. The minimum Gasteiger partial charge on any atom is -0.493 e. The minimum absolute atomic E-state index is 0.105. The summed E-state index contributed by atoms with van der Waals surface area (Å²) in [6.07, 6.45) is 3.84. The molecule has 0 unspecified atom stereocenters. The second-order valence-corrected chi connectivity index (χ2v) is 7.28. The number of ether oxygens (including phenoxy) is 1. The van der Waals surface area contributed by atoms with Crippen LogP contribution in [0.25, 0.3) is 0 Å². The molecule has 26 heavy (non-hydrogen) atoms. The molecule has 0 aromatic heterocycles. The van der Waals surface area contributed by atoms with Crippen molar-refractivity contribution in [2.45, 2.75) is 33.1 Å². The van der Waals surface area contributed by atoms with Crippen LogP contribution in [0.15, 0.2) is 48.5 Å². The van der Waals surface area contributed by atoms with E-state index in [1.807, 2.05) is 24.3 Å². The summed E-state index contributed by atoms with van der Waals surface area (Å²) < 4.78 is 5.65. The molecule has 4 nitrogen and oxygen atoms in total. The van der Waals surface area contributed by atoms with Gasteiger partial charge in [0.2, 0.25) is 0 Å². The fraction of sp³-hybridized carbons (Fsp3) is 0.409. The molecular formula is C22H28N2O2. The van der Waals surface area contributed by atoms with Gasteiger partial charge in [0.1, 0.15) is 5.75 Å². The first-order chi connectivity index (χ1) is 12.6. The minimum atomic E-state index is -0.105. The maximum absolute atomic E-state index is 12.4. The van der Waals surface area contributed by atoms with Crippen LogP contribution in [-0.4, -0.2) is 25.6 Å². The lowest BCUT2D eigenvalue weighted by Crippen LogP contribution is -2.29. The summed E-state index contributed by atoms with van der Waals surface area (Å²) in [5.41, 5.74) is 2.67. The number of amides is 1. The highest BCUT2D eigenvalue weighted by Crippen LogP contribution is 2.22. The number of piperidine rings is 1. The van der Waals surface area contributed by atoms with E-state index >= 15 is 0 Å². The molecule has 0 radical (unpaired) electrons. The van der Waals surface area contributed by atoms with Crippen LogP contribution in [0, 0.1) is 5.92 Å². The number of carbonyl (C=O) groups is 1. The average molecular weight is 352 g/mol. The van der Waals surface area contributed by atoms with Gasteiger partial charge in [0.25, 0.3) is 5.91 Å². The lowest BCUT2D eigenvalue weighted by molar-refractivity contribution is 0.102. The Morgan fingerprint density at radius 1 is 1.00 bits per heavy atom. The molecule has 1 fully saturated rings. The molecule has 1 amide bonds. The summed E-state index contributed by atoms with van der Waals surface area (Å²) in [6.45, 7) is 7.14. The van der Waals surface area contributed by atoms with Gasteiger partial charge < -0.3 is 15.0 Å². The average Bonchev–Trinajstić information content (AvgIpc) is 2.68. The maximum atomic E-state index is 12.4. The summed E-state index contributed by atoms with van der Waals surface area (Å²) in [6, 6.07) is 15.4. The van der Waals surface area contributed by atoms with Crippen LogP contribution in [0.3, 0.4) is 0 Å². The molecule has 0 atom stereocenters. The number of nitrogens with one attached hydrogen (secondary N) is 1. The first-order valence-corrected chi connectivity index (χ1v) is 9.51. The predicted octanol–water partition coefficient (Wildman–Crippen LogP) is 4.96. The third kappa shape index (κ3) is 5.01. The molecule has 138 valence electrons. The maximum Gasteiger partial charge on any atom is 0.255 e. The quantitative estimate of drug-likeness (QED) is 0.798. The van der Waals surface area contributed by atoms with E-state index in [4.69, 9.17) is 4.74 Å². The summed E-state index contributed by atoms with van der Waals surface area (Å²) >= 11 is 0. The largest absolute Gasteiger partial charge is 0.493 e. The fourth-order valence-corrected chi connectivity index (χ4v) is 3.08. The highest BCUT2D eigenvalue weighted by atomic mass is 16.5. The Kier molecular flexibility index (Phi) is 6.16. The molecule has 0 bridgehead atoms. The zero-order valence-electron chi connectivity index (χ0n) is 15.7. The molecular weight excluding hydrogens is 324 g/mol. The van der Waals surface area contributed by atoms with Crippen LogP contribution in [0.5, 0.6) is 5.75 Å². The molecule has 0 saturated carbocycles. The van der Waals surface area contributed by atoms with E-state index in [0.29, 0.717) is 18.1 Å². The van der Waals surface area contributed by atoms with Crippen molar-refractivity contribution in [1.82, 2.24) is 0 Å². The predicted molar refractivity (Wildman–Crippen MR) is 107 cm³/mol. The lowest BCUT2D eigenvalue weighted by Gasteiger charge is -2.28. The Balaban J connectivity index is 1.57. The fourth-order valence-electron chi connectivity index (χ4n) is 3.08. The highest BCUT2D eigenvalue weighted by molar-refractivity contribution is 6.04. The van der Waals surface area contributed by atoms with E-state index in [9.17, 15) is 4.79 Å². The van der Waals surface area contributed by atoms with E-state index in [1.54, 1.807) is 12.1 Å². The number of benzene rings is 2. The smallest absolute Gasteiger partial charge is 0.255 e. The van der Waals surface area contributed by atoms with E-state index in [2.05, 4.69) is 36.2 Å². The number of nitrogens with zero attached hydrogens (tertiary/aromatic N) is 1. The van der Waals surface area contributed by atoms with E-state index in [0.717, 1.165) is 24.5 Å². The van der Waals surface area contributed by atoms with Gasteiger partial charge in [0, 0.05) is 30.0 Å². The molecule has 1 aliphatic heterocycles. The Hall–Kier alpha value is -2.49. The first-order valence-electron chi connectivity index (χ1n) is 9.51. The van der Waals surface area contributed by atoms with Gasteiger partial charge in [-0.1, -0.05) is 13.8 Å². The summed E-state index contributed by atoms with van der Waals surface area (Å²) in [7, 11) is 0. The van der Waals surface area contributed by atoms with Crippen molar-refractivity contribution in [3.8, 4) is 5.75 Å². The second kappa shape index (κ2) is 8.75. The first kappa shape index (κ1) is 18.3. The second-order valence-electron chi connectivity index (χ2n) is 7.28. The van der Waals surface area contributed by atoms with Crippen molar-refractivity contribution in [3.05, 3.63) is 54.1 Å². The van der Waals surface area contributed by atoms with Crippen molar-refractivity contribution in [3.63, 3.8) is 0 Å². The highest BCUT2D eigenvalue weighted by Gasteiger charge is 2.11. The molecule has 0 spiro atoms. The molecule has 1 heterocycles. The van der Waals surface area contributed by atoms with Gasteiger partial charge in [-0.25, -0.2) is 0 Å². The number of hydrogen-bond acceptors (Lipinski definition) is 3. The van der Waals surface area contributed by atoms with Gasteiger partial charge in [-0.2, -0.15) is 0 Å². The molecule has 1 N–H and O–H groups in total. The third-order valence-electron chi connectivity index (χ3n) is 4.55. The van der Waals surface area contributed by atoms with Crippen molar-refractivity contribution >= 4 is 17.3 Å². The summed E-state index contributed by atoms with van der Waals surface area (Å²) in [5, 5.41) is 2.96. The number of rotatable bonds is 6. The van der Waals surface area contributed by atoms with Crippen LogP contribution < -0.4 is 15.0 Å². The third-order valence-corrected chi connectivity index (χ3v) is 4.55. The molecule has 1 saturated heterocycles. The SMILES string of the molecule is CC(C)COc1ccc(C(=O)Nc2ccc(N3CCCCC3)cc2)cc1. The van der Waals surface area contributed by atoms with Gasteiger partial charge in [0.15, 0.2) is 0 Å². The van der Waals surface area contributed by atoms with Crippen molar-refractivity contribution in [2.24, 2.45) is 5.92 Å². The standard InChI is InChI=1S/C22H28N2O2/c1-17(2)16-26-21-12-6-18(7-13-21)22(25)23-19-8-10-20(11-9-19)24-14-4-3-5-15-24/h6-13,17H,3-5,14-16H2,1-2H3,(H,23,25). The molecule has 0 aliphatic carbocycles. The lowest BCUT2D eigenvalue weighted by atomic mass is 10.1. The van der Waals surface area contributed by atoms with Gasteiger partial charge >= 0.3 is 0 Å². The Morgan fingerprint density at radius 3 is 2.27 bits per heavy atom. The molecule has 3 rings (SSSR count).